The molecule has 1 aliphatic rings. The molecular formula is C16H17N5O2S2. The Hall–Kier alpha value is -2.07. The highest BCUT2D eigenvalue weighted by Gasteiger charge is 2.26. The minimum atomic E-state index is -3.64. The van der Waals surface area contributed by atoms with Gasteiger partial charge in [0.2, 0.25) is 0 Å². The number of aromatic nitrogens is 2. The Labute approximate surface area is 149 Å². The molecule has 1 fully saturated rings. The van der Waals surface area contributed by atoms with Crippen molar-refractivity contribution in [3.8, 4) is 11.4 Å². The summed E-state index contributed by atoms with van der Waals surface area (Å²) in [6, 6.07) is 9.87. The summed E-state index contributed by atoms with van der Waals surface area (Å²) in [4.78, 5) is 11.5. The second-order valence-corrected chi connectivity index (χ2v) is 8.16. The van der Waals surface area contributed by atoms with Gasteiger partial charge in [-0.25, -0.2) is 15.1 Å². The largest absolute Gasteiger partial charge is 0.353 e. The van der Waals surface area contributed by atoms with E-state index in [1.807, 2.05) is 41.1 Å². The van der Waals surface area contributed by atoms with Gasteiger partial charge in [-0.05, 0) is 23.6 Å². The van der Waals surface area contributed by atoms with Crippen LogP contribution in [0.1, 0.15) is 0 Å². The number of piperazine rings is 1. The lowest BCUT2D eigenvalue weighted by Crippen LogP contribution is -2.51. The van der Waals surface area contributed by atoms with Crippen LogP contribution in [0, 0.1) is 0 Å². The van der Waals surface area contributed by atoms with E-state index >= 15 is 0 Å². The number of para-hydroxylation sites is 1. The lowest BCUT2D eigenvalue weighted by atomic mass is 10.2. The molecule has 0 saturated carbocycles. The van der Waals surface area contributed by atoms with E-state index in [2.05, 4.69) is 9.88 Å². The van der Waals surface area contributed by atoms with Crippen LogP contribution in [-0.4, -0.2) is 48.9 Å². The van der Waals surface area contributed by atoms with Crippen molar-refractivity contribution < 1.29 is 8.42 Å². The van der Waals surface area contributed by atoms with Crippen molar-refractivity contribution in [2.75, 3.05) is 31.1 Å². The number of benzene rings is 1. The third-order valence-corrected chi connectivity index (χ3v) is 6.03. The van der Waals surface area contributed by atoms with E-state index in [0.29, 0.717) is 32.0 Å². The maximum Gasteiger partial charge on any atom is 0.277 e. The molecule has 0 bridgehead atoms. The predicted octanol–water partition coefficient (Wildman–Crippen LogP) is 1.68. The number of hydrogen-bond donors (Lipinski definition) is 1. The van der Waals surface area contributed by atoms with Gasteiger partial charge in [0.15, 0.2) is 5.82 Å². The molecule has 0 unspecified atom stereocenters. The molecule has 3 heterocycles. The Morgan fingerprint density at radius 1 is 1.04 bits per heavy atom. The summed E-state index contributed by atoms with van der Waals surface area (Å²) in [6.45, 7) is 1.79. The topological polar surface area (TPSA) is 92.4 Å². The Kier molecular flexibility index (Phi) is 4.16. The molecule has 1 saturated heterocycles. The number of nitrogens with zero attached hydrogens (tertiary/aromatic N) is 4. The first-order chi connectivity index (χ1) is 12.0. The molecule has 25 heavy (non-hydrogen) atoms. The van der Waals surface area contributed by atoms with E-state index < -0.39 is 10.2 Å². The summed E-state index contributed by atoms with van der Waals surface area (Å²) in [7, 11) is -3.64. The Morgan fingerprint density at radius 2 is 1.80 bits per heavy atom. The van der Waals surface area contributed by atoms with Crippen molar-refractivity contribution in [3.05, 3.63) is 41.1 Å². The lowest BCUT2D eigenvalue weighted by molar-refractivity contribution is 0.385. The van der Waals surface area contributed by atoms with E-state index in [0.717, 1.165) is 22.3 Å². The van der Waals surface area contributed by atoms with Crippen molar-refractivity contribution in [2.45, 2.75) is 0 Å². The average Bonchev–Trinajstić information content (AvgIpc) is 3.15. The smallest absolute Gasteiger partial charge is 0.277 e. The number of thiophene rings is 1. The van der Waals surface area contributed by atoms with Gasteiger partial charge in [-0.3, -0.25) is 0 Å². The molecule has 1 aliphatic heterocycles. The number of anilines is 1. The Morgan fingerprint density at radius 3 is 2.48 bits per heavy atom. The van der Waals surface area contributed by atoms with Crippen LogP contribution in [-0.2, 0) is 10.2 Å². The fourth-order valence-corrected chi connectivity index (χ4v) is 4.28. The molecule has 2 N–H and O–H groups in total. The maximum absolute atomic E-state index is 11.5. The van der Waals surface area contributed by atoms with Gasteiger partial charge in [-0.15, -0.1) is 0 Å². The molecule has 0 atom stereocenters. The molecule has 4 rings (SSSR count). The summed E-state index contributed by atoms with van der Waals surface area (Å²) >= 11 is 1.60. The zero-order valence-electron chi connectivity index (χ0n) is 13.4. The third-order valence-electron chi connectivity index (χ3n) is 4.26. The number of rotatable bonds is 3. The first kappa shape index (κ1) is 16.4. The first-order valence-electron chi connectivity index (χ1n) is 7.84. The molecule has 7 nitrogen and oxygen atoms in total. The van der Waals surface area contributed by atoms with Crippen LogP contribution in [0.3, 0.4) is 0 Å². The quantitative estimate of drug-likeness (QED) is 0.752. The van der Waals surface area contributed by atoms with Gasteiger partial charge in [0.05, 0.1) is 5.52 Å². The van der Waals surface area contributed by atoms with Crippen LogP contribution in [0.25, 0.3) is 22.3 Å². The molecule has 3 aromatic rings. The van der Waals surface area contributed by atoms with E-state index in [4.69, 9.17) is 10.1 Å². The maximum atomic E-state index is 11.5. The van der Waals surface area contributed by atoms with E-state index in [1.54, 1.807) is 11.3 Å². The molecule has 0 radical (unpaired) electrons. The average molecular weight is 375 g/mol. The van der Waals surface area contributed by atoms with Crippen molar-refractivity contribution >= 4 is 38.3 Å². The number of nitrogens with two attached hydrogens (primary N) is 1. The fourth-order valence-electron chi connectivity index (χ4n) is 2.98. The van der Waals surface area contributed by atoms with Crippen molar-refractivity contribution in [1.29, 1.82) is 0 Å². The standard InChI is InChI=1S/C16H17N5O2S2/c17-25(22,23)21-8-6-20(7-9-21)16-13-3-1-2-4-14(13)18-15(19-16)12-5-10-24-11-12/h1-5,10-11H,6-9H2,(H2,17,22,23). The normalized spacial score (nSPS) is 16.4. The molecule has 1 aromatic carbocycles. The van der Waals surface area contributed by atoms with Crippen LogP contribution in [0.2, 0.25) is 0 Å². The highest BCUT2D eigenvalue weighted by atomic mass is 32.2. The highest BCUT2D eigenvalue weighted by molar-refractivity contribution is 7.86. The summed E-state index contributed by atoms with van der Waals surface area (Å²) < 4.78 is 24.3. The summed E-state index contributed by atoms with van der Waals surface area (Å²) in [5.74, 6) is 1.52. The SMILES string of the molecule is NS(=O)(=O)N1CCN(c2nc(-c3ccsc3)nc3ccccc23)CC1. The van der Waals surface area contributed by atoms with E-state index in [-0.39, 0.29) is 0 Å². The van der Waals surface area contributed by atoms with Crippen molar-refractivity contribution in [1.82, 2.24) is 14.3 Å². The monoisotopic (exact) mass is 375 g/mol. The van der Waals surface area contributed by atoms with Gasteiger partial charge in [0.25, 0.3) is 10.2 Å². The van der Waals surface area contributed by atoms with Crippen LogP contribution in [0.15, 0.2) is 41.1 Å². The van der Waals surface area contributed by atoms with E-state index in [9.17, 15) is 8.42 Å². The van der Waals surface area contributed by atoms with Gasteiger partial charge in [0, 0.05) is 42.5 Å². The van der Waals surface area contributed by atoms with Crippen LogP contribution in [0.4, 0.5) is 5.82 Å². The zero-order valence-corrected chi connectivity index (χ0v) is 15.0. The molecule has 0 spiro atoms. The van der Waals surface area contributed by atoms with Gasteiger partial charge in [-0.2, -0.15) is 24.1 Å². The molecule has 0 aliphatic carbocycles. The molecule has 2 aromatic heterocycles. The summed E-state index contributed by atoms with van der Waals surface area (Å²) in [5.41, 5.74) is 1.86. The van der Waals surface area contributed by atoms with Crippen molar-refractivity contribution in [2.24, 2.45) is 5.14 Å². The Balaban J connectivity index is 1.74. The lowest BCUT2D eigenvalue weighted by Gasteiger charge is -2.34. The first-order valence-corrected chi connectivity index (χ1v) is 10.3. The molecule has 9 heteroatoms. The van der Waals surface area contributed by atoms with Crippen LogP contribution in [0.5, 0.6) is 0 Å². The molecule has 130 valence electrons. The zero-order chi connectivity index (χ0) is 17.4. The summed E-state index contributed by atoms with van der Waals surface area (Å²) in [6.07, 6.45) is 0. The van der Waals surface area contributed by atoms with Crippen molar-refractivity contribution in [3.63, 3.8) is 0 Å². The van der Waals surface area contributed by atoms with Crippen LogP contribution < -0.4 is 10.0 Å². The predicted molar refractivity (Wildman–Crippen MR) is 99.7 cm³/mol. The van der Waals surface area contributed by atoms with E-state index in [1.165, 1.54) is 4.31 Å². The third kappa shape index (κ3) is 3.23. The van der Waals surface area contributed by atoms with Gasteiger partial charge >= 0.3 is 0 Å². The minimum absolute atomic E-state index is 0.352. The molecular weight excluding hydrogens is 358 g/mol. The number of hydrogen-bond acceptors (Lipinski definition) is 6. The van der Waals surface area contributed by atoms with Crippen LogP contribution >= 0.6 is 11.3 Å². The minimum Gasteiger partial charge on any atom is -0.353 e. The highest BCUT2D eigenvalue weighted by Crippen LogP contribution is 2.29. The number of fused-ring (bicyclic) bond motifs is 1. The van der Waals surface area contributed by atoms with Gasteiger partial charge in [-0.1, -0.05) is 12.1 Å². The van der Waals surface area contributed by atoms with Gasteiger partial charge in [0.1, 0.15) is 5.82 Å². The Bertz CT molecular complexity index is 997. The second-order valence-electron chi connectivity index (χ2n) is 5.83. The fraction of sp³-hybridized carbons (Fsp3) is 0.250. The summed E-state index contributed by atoms with van der Waals surface area (Å²) in [5, 5.41) is 10.2. The molecule has 0 amide bonds. The van der Waals surface area contributed by atoms with Gasteiger partial charge < -0.3 is 4.90 Å². The second kappa shape index (κ2) is 6.34.